The highest BCUT2D eigenvalue weighted by atomic mass is 31.2. The standard InChI is InChI=1S/C52H91O10P/c1-3-5-7-9-11-13-15-17-19-21-22-23-24-25-26-28-29-31-33-35-37-39-41-43-51(55)59-47-50(48-61-63(57,58)60-46-49(54)45-53)62-52(56)44-42-40-38-36-34-32-30-27-20-18-16-14-12-10-8-6-4-2/h6,8,12,14,18,20-22,30,32,36,38,49-50,53-54H,3-5,7,9-11,13,15-17,19,23-29,31,33-35,37,39-48H2,1-2H3,(H,57,58)/b8-6-,14-12-,20-18-,22-21-,32-30-,38-36-. The molecule has 3 atom stereocenters. The lowest BCUT2D eigenvalue weighted by atomic mass is 10.0. The number of phosphoric ester groups is 1. The van der Waals surface area contributed by atoms with Crippen LogP contribution in [0.4, 0.5) is 0 Å². The SMILES string of the molecule is CC/C=C\C/C=C\C/C=C\C/C=C\C/C=C\CCCC(=O)OC(COC(=O)CCCCCCCCCCCCC/C=C\CCCCCCCCCC)COP(=O)(O)OCC(O)CO. The maximum atomic E-state index is 12.6. The predicted octanol–water partition coefficient (Wildman–Crippen LogP) is 14.0. The molecule has 0 saturated heterocycles. The molecule has 364 valence electrons. The lowest BCUT2D eigenvalue weighted by Gasteiger charge is -2.20. The molecule has 0 bridgehead atoms. The summed E-state index contributed by atoms with van der Waals surface area (Å²) in [5.74, 6) is -0.994. The molecule has 0 aliphatic rings. The highest BCUT2D eigenvalue weighted by molar-refractivity contribution is 7.47. The Kier molecular flexibility index (Phi) is 45.4. The number of ether oxygens (including phenoxy) is 2. The summed E-state index contributed by atoms with van der Waals surface area (Å²) >= 11 is 0. The molecular weight excluding hydrogens is 816 g/mol. The Labute approximate surface area is 384 Å². The van der Waals surface area contributed by atoms with Crippen molar-refractivity contribution in [3.05, 3.63) is 72.9 Å². The van der Waals surface area contributed by atoms with Crippen LogP contribution in [-0.2, 0) is 32.7 Å². The van der Waals surface area contributed by atoms with E-state index in [1.165, 1.54) is 109 Å². The van der Waals surface area contributed by atoms with Crippen LogP contribution in [0.1, 0.15) is 206 Å². The van der Waals surface area contributed by atoms with Crippen molar-refractivity contribution in [1.82, 2.24) is 0 Å². The van der Waals surface area contributed by atoms with Crippen LogP contribution in [0.5, 0.6) is 0 Å². The van der Waals surface area contributed by atoms with E-state index in [1.54, 1.807) is 0 Å². The average Bonchev–Trinajstić information content (AvgIpc) is 3.27. The van der Waals surface area contributed by atoms with Crippen LogP contribution in [0.25, 0.3) is 0 Å². The Balaban J connectivity index is 4.24. The molecule has 0 aromatic heterocycles. The number of hydrogen-bond acceptors (Lipinski definition) is 9. The Morgan fingerprint density at radius 3 is 1.38 bits per heavy atom. The summed E-state index contributed by atoms with van der Waals surface area (Å²) in [5, 5.41) is 18.4. The first-order valence-electron chi connectivity index (χ1n) is 24.9. The number of aliphatic hydroxyl groups is 2. The zero-order valence-corrected chi connectivity index (χ0v) is 40.7. The molecular formula is C52H91O10P. The van der Waals surface area contributed by atoms with E-state index < -0.39 is 51.8 Å². The molecule has 3 unspecified atom stereocenters. The van der Waals surface area contributed by atoms with Gasteiger partial charge in [0.15, 0.2) is 6.10 Å². The minimum absolute atomic E-state index is 0.103. The molecule has 0 saturated carbocycles. The molecule has 0 rings (SSSR count). The van der Waals surface area contributed by atoms with Gasteiger partial charge in [-0.1, -0.05) is 189 Å². The number of unbranched alkanes of at least 4 members (excludes halogenated alkanes) is 20. The maximum Gasteiger partial charge on any atom is 0.472 e. The van der Waals surface area contributed by atoms with E-state index in [0.29, 0.717) is 19.3 Å². The highest BCUT2D eigenvalue weighted by Gasteiger charge is 2.27. The molecule has 3 N–H and O–H groups in total. The summed E-state index contributed by atoms with van der Waals surface area (Å²) in [6.45, 7) is 2.21. The van der Waals surface area contributed by atoms with Gasteiger partial charge in [0.25, 0.3) is 0 Å². The van der Waals surface area contributed by atoms with Crippen LogP contribution in [0.2, 0.25) is 0 Å². The Morgan fingerprint density at radius 2 is 0.889 bits per heavy atom. The molecule has 0 aliphatic heterocycles. The predicted molar refractivity (Wildman–Crippen MR) is 260 cm³/mol. The van der Waals surface area contributed by atoms with Crippen molar-refractivity contribution in [3.63, 3.8) is 0 Å². The fraction of sp³-hybridized carbons (Fsp3) is 0.731. The van der Waals surface area contributed by atoms with E-state index in [4.69, 9.17) is 23.6 Å². The van der Waals surface area contributed by atoms with Gasteiger partial charge >= 0.3 is 19.8 Å². The second-order valence-electron chi connectivity index (χ2n) is 16.5. The summed E-state index contributed by atoms with van der Waals surface area (Å²) in [6, 6.07) is 0. The van der Waals surface area contributed by atoms with Gasteiger partial charge in [-0.2, -0.15) is 0 Å². The Morgan fingerprint density at radius 1 is 0.492 bits per heavy atom. The fourth-order valence-electron chi connectivity index (χ4n) is 6.55. The zero-order valence-electron chi connectivity index (χ0n) is 39.8. The smallest absolute Gasteiger partial charge is 0.462 e. The van der Waals surface area contributed by atoms with Gasteiger partial charge in [-0.3, -0.25) is 18.6 Å². The third-order valence-corrected chi connectivity index (χ3v) is 11.3. The van der Waals surface area contributed by atoms with Gasteiger partial charge in [0.2, 0.25) is 0 Å². The van der Waals surface area contributed by atoms with E-state index in [2.05, 4.69) is 74.6 Å². The van der Waals surface area contributed by atoms with Crippen molar-refractivity contribution < 1.29 is 47.8 Å². The van der Waals surface area contributed by atoms with Crippen molar-refractivity contribution in [2.75, 3.05) is 26.4 Å². The Bertz CT molecular complexity index is 1270. The van der Waals surface area contributed by atoms with Gasteiger partial charge in [0, 0.05) is 12.8 Å². The number of allylic oxidation sites excluding steroid dienone is 12. The number of aliphatic hydroxyl groups excluding tert-OH is 2. The third-order valence-electron chi connectivity index (χ3n) is 10.3. The molecule has 11 heteroatoms. The monoisotopic (exact) mass is 907 g/mol. The molecule has 63 heavy (non-hydrogen) atoms. The average molecular weight is 907 g/mol. The topological polar surface area (TPSA) is 149 Å². The Hall–Kier alpha value is -2.59. The molecule has 0 radical (unpaired) electrons. The lowest BCUT2D eigenvalue weighted by molar-refractivity contribution is -0.161. The van der Waals surface area contributed by atoms with Crippen LogP contribution < -0.4 is 0 Å². The number of carbonyl (C=O) groups excluding carboxylic acids is 2. The number of carbonyl (C=O) groups is 2. The van der Waals surface area contributed by atoms with Gasteiger partial charge in [-0.25, -0.2) is 4.57 Å². The van der Waals surface area contributed by atoms with E-state index in [-0.39, 0.29) is 19.4 Å². The van der Waals surface area contributed by atoms with Crippen molar-refractivity contribution in [3.8, 4) is 0 Å². The van der Waals surface area contributed by atoms with Gasteiger partial charge in [-0.05, 0) is 77.0 Å². The van der Waals surface area contributed by atoms with Gasteiger partial charge < -0.3 is 24.6 Å². The molecule has 0 aliphatic carbocycles. The van der Waals surface area contributed by atoms with E-state index >= 15 is 0 Å². The molecule has 0 aromatic rings. The van der Waals surface area contributed by atoms with Crippen molar-refractivity contribution >= 4 is 19.8 Å². The number of rotatable bonds is 46. The van der Waals surface area contributed by atoms with E-state index in [9.17, 15) is 24.2 Å². The summed E-state index contributed by atoms with van der Waals surface area (Å²) in [7, 11) is -4.64. The normalized spacial score (nSPS) is 14.3. The van der Waals surface area contributed by atoms with Crippen LogP contribution in [0.15, 0.2) is 72.9 Å². The quantitative estimate of drug-likeness (QED) is 0.0233. The van der Waals surface area contributed by atoms with Crippen LogP contribution in [0, 0.1) is 0 Å². The maximum absolute atomic E-state index is 12.6. The fourth-order valence-corrected chi connectivity index (χ4v) is 7.34. The highest BCUT2D eigenvalue weighted by Crippen LogP contribution is 2.43. The summed E-state index contributed by atoms with van der Waals surface area (Å²) < 4.78 is 32.8. The first kappa shape index (κ1) is 60.4. The summed E-state index contributed by atoms with van der Waals surface area (Å²) in [5.41, 5.74) is 0. The van der Waals surface area contributed by atoms with Crippen LogP contribution >= 0.6 is 7.82 Å². The number of phosphoric acid groups is 1. The minimum Gasteiger partial charge on any atom is -0.462 e. The van der Waals surface area contributed by atoms with Gasteiger partial charge in [0.1, 0.15) is 12.7 Å². The number of hydrogen-bond donors (Lipinski definition) is 3. The van der Waals surface area contributed by atoms with Crippen LogP contribution in [-0.4, -0.2) is 65.7 Å². The molecule has 0 amide bonds. The first-order valence-corrected chi connectivity index (χ1v) is 26.4. The van der Waals surface area contributed by atoms with Gasteiger partial charge in [0.05, 0.1) is 19.8 Å². The second kappa shape index (κ2) is 47.4. The zero-order chi connectivity index (χ0) is 46.2. The number of esters is 2. The van der Waals surface area contributed by atoms with Crippen molar-refractivity contribution in [2.45, 2.75) is 219 Å². The molecule has 10 nitrogen and oxygen atoms in total. The minimum atomic E-state index is -4.64. The van der Waals surface area contributed by atoms with E-state index in [0.717, 1.165) is 51.4 Å². The van der Waals surface area contributed by atoms with Crippen molar-refractivity contribution in [2.24, 2.45) is 0 Å². The molecule has 0 spiro atoms. The first-order chi connectivity index (χ1) is 30.7. The van der Waals surface area contributed by atoms with E-state index in [1.807, 2.05) is 12.2 Å². The largest absolute Gasteiger partial charge is 0.472 e. The van der Waals surface area contributed by atoms with Crippen molar-refractivity contribution in [1.29, 1.82) is 0 Å². The second-order valence-corrected chi connectivity index (χ2v) is 17.9. The molecule has 0 heterocycles. The van der Waals surface area contributed by atoms with Crippen LogP contribution in [0.3, 0.4) is 0 Å². The lowest BCUT2D eigenvalue weighted by Crippen LogP contribution is -2.29. The third kappa shape index (κ3) is 47.2. The molecule has 0 aromatic carbocycles. The summed E-state index contributed by atoms with van der Waals surface area (Å²) in [6.07, 6.45) is 56.0. The molecule has 0 fully saturated rings. The van der Waals surface area contributed by atoms with Gasteiger partial charge in [-0.15, -0.1) is 0 Å². The summed E-state index contributed by atoms with van der Waals surface area (Å²) in [4.78, 5) is 35.1.